The Hall–Kier alpha value is -1.49. The van der Waals surface area contributed by atoms with E-state index in [1.54, 1.807) is 0 Å². The van der Waals surface area contributed by atoms with Gasteiger partial charge in [0.15, 0.2) is 0 Å². The molecule has 0 saturated carbocycles. The first-order chi connectivity index (χ1) is 7.08. The van der Waals surface area contributed by atoms with Gasteiger partial charge in [-0.05, 0) is 6.07 Å². The van der Waals surface area contributed by atoms with E-state index in [-0.39, 0.29) is 5.56 Å². The molecule has 0 aliphatic rings. The Kier molecular flexibility index (Phi) is 3.36. The van der Waals surface area contributed by atoms with Crippen LogP contribution in [0.1, 0.15) is 5.56 Å². The van der Waals surface area contributed by atoms with Gasteiger partial charge in [-0.25, -0.2) is 8.78 Å². The van der Waals surface area contributed by atoms with Crippen molar-refractivity contribution in [2.24, 2.45) is 5.73 Å². The highest BCUT2D eigenvalue weighted by molar-refractivity contribution is 5.82. The van der Waals surface area contributed by atoms with Gasteiger partial charge in [-0.2, -0.15) is 0 Å². The van der Waals surface area contributed by atoms with Gasteiger partial charge in [0, 0.05) is 12.1 Å². The molecule has 0 aliphatic heterocycles. The van der Waals surface area contributed by atoms with E-state index in [2.05, 4.69) is 0 Å². The predicted octanol–water partition coefficient (Wildman–Crippen LogP) is 1.08. The molecule has 5 heteroatoms. The van der Waals surface area contributed by atoms with Crippen molar-refractivity contribution in [3.8, 4) is 0 Å². The summed E-state index contributed by atoms with van der Waals surface area (Å²) in [7, 11) is 0. The second-order valence-corrected chi connectivity index (χ2v) is 3.20. The number of carboxylic acids is 1. The summed E-state index contributed by atoms with van der Waals surface area (Å²) in [4.78, 5) is 10.9. The van der Waals surface area contributed by atoms with Gasteiger partial charge in [-0.1, -0.05) is 18.2 Å². The van der Waals surface area contributed by atoms with Crippen LogP contribution >= 0.6 is 0 Å². The maximum Gasteiger partial charge on any atom is 0.318 e. The van der Waals surface area contributed by atoms with Crippen LogP contribution in [0.5, 0.6) is 0 Å². The topological polar surface area (TPSA) is 63.3 Å². The first-order valence-corrected chi connectivity index (χ1v) is 4.33. The van der Waals surface area contributed by atoms with E-state index in [1.807, 2.05) is 0 Å². The SMILES string of the molecule is NCC(CF)(C(=O)O)c1ccccc1F. The van der Waals surface area contributed by atoms with Crippen LogP contribution in [0.3, 0.4) is 0 Å². The van der Waals surface area contributed by atoms with Gasteiger partial charge in [0.05, 0.1) is 0 Å². The lowest BCUT2D eigenvalue weighted by atomic mass is 9.81. The molecule has 0 fully saturated rings. The zero-order chi connectivity index (χ0) is 11.5. The molecule has 82 valence electrons. The summed E-state index contributed by atoms with van der Waals surface area (Å²) >= 11 is 0. The summed E-state index contributed by atoms with van der Waals surface area (Å²) in [5.41, 5.74) is 3.03. The second-order valence-electron chi connectivity index (χ2n) is 3.20. The van der Waals surface area contributed by atoms with Crippen LogP contribution in [0.15, 0.2) is 24.3 Å². The fourth-order valence-electron chi connectivity index (χ4n) is 1.35. The number of aliphatic carboxylic acids is 1. The van der Waals surface area contributed by atoms with Gasteiger partial charge in [0.1, 0.15) is 17.9 Å². The molecule has 0 aliphatic carbocycles. The molecule has 1 rings (SSSR count). The molecule has 0 spiro atoms. The smallest absolute Gasteiger partial charge is 0.318 e. The van der Waals surface area contributed by atoms with Crippen molar-refractivity contribution in [2.45, 2.75) is 5.41 Å². The summed E-state index contributed by atoms with van der Waals surface area (Å²) in [5, 5.41) is 8.91. The van der Waals surface area contributed by atoms with E-state index in [1.165, 1.54) is 18.2 Å². The van der Waals surface area contributed by atoms with Crippen molar-refractivity contribution < 1.29 is 18.7 Å². The Morgan fingerprint density at radius 3 is 2.47 bits per heavy atom. The average molecular weight is 215 g/mol. The number of carbonyl (C=O) groups is 1. The third-order valence-electron chi connectivity index (χ3n) is 2.38. The van der Waals surface area contributed by atoms with Crippen LogP contribution in [0, 0.1) is 5.82 Å². The molecule has 1 atom stereocenters. The first kappa shape index (κ1) is 11.6. The lowest BCUT2D eigenvalue weighted by Crippen LogP contribution is -2.45. The number of carboxylic acid groups (broad SMARTS) is 1. The highest BCUT2D eigenvalue weighted by Crippen LogP contribution is 2.26. The molecule has 3 N–H and O–H groups in total. The zero-order valence-corrected chi connectivity index (χ0v) is 7.91. The molecule has 0 aromatic heterocycles. The number of alkyl halides is 1. The van der Waals surface area contributed by atoms with Crippen LogP contribution in [0.25, 0.3) is 0 Å². The van der Waals surface area contributed by atoms with Crippen molar-refractivity contribution in [1.82, 2.24) is 0 Å². The van der Waals surface area contributed by atoms with Crippen molar-refractivity contribution in [2.75, 3.05) is 13.2 Å². The van der Waals surface area contributed by atoms with Crippen LogP contribution in [0.2, 0.25) is 0 Å². The molecule has 1 aromatic carbocycles. The highest BCUT2D eigenvalue weighted by Gasteiger charge is 2.41. The summed E-state index contributed by atoms with van der Waals surface area (Å²) in [6, 6.07) is 5.16. The van der Waals surface area contributed by atoms with E-state index in [4.69, 9.17) is 10.8 Å². The fraction of sp³-hybridized carbons (Fsp3) is 0.300. The number of benzene rings is 1. The Morgan fingerprint density at radius 2 is 2.07 bits per heavy atom. The lowest BCUT2D eigenvalue weighted by Gasteiger charge is -2.25. The number of nitrogens with two attached hydrogens (primary N) is 1. The fourth-order valence-corrected chi connectivity index (χ4v) is 1.35. The summed E-state index contributed by atoms with van der Waals surface area (Å²) in [6.45, 7) is -1.72. The average Bonchev–Trinajstić information content (AvgIpc) is 2.22. The molecule has 3 nitrogen and oxygen atoms in total. The number of halogens is 2. The number of rotatable bonds is 4. The van der Waals surface area contributed by atoms with E-state index in [9.17, 15) is 13.6 Å². The van der Waals surface area contributed by atoms with Crippen molar-refractivity contribution in [1.29, 1.82) is 0 Å². The number of hydrogen-bond acceptors (Lipinski definition) is 2. The molecule has 0 amide bonds. The molecule has 0 bridgehead atoms. The minimum absolute atomic E-state index is 0.220. The lowest BCUT2D eigenvalue weighted by molar-refractivity contribution is -0.144. The van der Waals surface area contributed by atoms with Gasteiger partial charge in [-0.3, -0.25) is 4.79 Å². The molecule has 0 radical (unpaired) electrons. The van der Waals surface area contributed by atoms with Crippen molar-refractivity contribution >= 4 is 5.97 Å². The van der Waals surface area contributed by atoms with Crippen molar-refractivity contribution in [3.63, 3.8) is 0 Å². The number of hydrogen-bond donors (Lipinski definition) is 2. The molecule has 1 aromatic rings. The Balaban J connectivity index is 3.33. The van der Waals surface area contributed by atoms with Crippen LogP contribution in [-0.4, -0.2) is 24.3 Å². The van der Waals surface area contributed by atoms with Gasteiger partial charge < -0.3 is 10.8 Å². The first-order valence-electron chi connectivity index (χ1n) is 4.33. The largest absolute Gasteiger partial charge is 0.480 e. The molecular weight excluding hydrogens is 204 g/mol. The normalized spacial score (nSPS) is 14.6. The Morgan fingerprint density at radius 1 is 1.47 bits per heavy atom. The Bertz CT molecular complexity index is 364. The standard InChI is InChI=1S/C10H11F2NO2/c11-5-10(6-13,9(14)15)7-3-1-2-4-8(7)12/h1-4H,5-6,13H2,(H,14,15). The molecule has 1 unspecified atom stereocenters. The van der Waals surface area contributed by atoms with Crippen LogP contribution < -0.4 is 5.73 Å². The van der Waals surface area contributed by atoms with Gasteiger partial charge >= 0.3 is 5.97 Å². The zero-order valence-electron chi connectivity index (χ0n) is 7.91. The molecule has 15 heavy (non-hydrogen) atoms. The van der Waals surface area contributed by atoms with Crippen LogP contribution in [0.4, 0.5) is 8.78 Å². The van der Waals surface area contributed by atoms with Crippen molar-refractivity contribution in [3.05, 3.63) is 35.6 Å². The highest BCUT2D eigenvalue weighted by atomic mass is 19.1. The van der Waals surface area contributed by atoms with Crippen LogP contribution in [-0.2, 0) is 10.2 Å². The molecule has 0 heterocycles. The Labute approximate surface area is 85.5 Å². The van der Waals surface area contributed by atoms with Gasteiger partial charge in [-0.15, -0.1) is 0 Å². The van der Waals surface area contributed by atoms with Gasteiger partial charge in [0.25, 0.3) is 0 Å². The minimum atomic E-state index is -1.98. The van der Waals surface area contributed by atoms with E-state index < -0.39 is 30.4 Å². The second kappa shape index (κ2) is 4.35. The quantitative estimate of drug-likeness (QED) is 0.789. The summed E-state index contributed by atoms with van der Waals surface area (Å²) in [6.07, 6.45) is 0. The van der Waals surface area contributed by atoms with E-state index in [0.29, 0.717) is 0 Å². The monoisotopic (exact) mass is 215 g/mol. The third-order valence-corrected chi connectivity index (χ3v) is 2.38. The summed E-state index contributed by atoms with van der Waals surface area (Å²) in [5.74, 6) is -2.22. The predicted molar refractivity (Wildman–Crippen MR) is 50.7 cm³/mol. The minimum Gasteiger partial charge on any atom is -0.480 e. The maximum atomic E-state index is 13.3. The molecule has 0 saturated heterocycles. The summed E-state index contributed by atoms with van der Waals surface area (Å²) < 4.78 is 26.1. The van der Waals surface area contributed by atoms with Gasteiger partial charge in [0.2, 0.25) is 0 Å². The third kappa shape index (κ3) is 1.83. The van der Waals surface area contributed by atoms with E-state index >= 15 is 0 Å². The maximum absolute atomic E-state index is 13.3. The van der Waals surface area contributed by atoms with E-state index in [0.717, 1.165) is 6.07 Å². The molecular formula is C10H11F2NO2.